The number of methoxy groups -OCH3 is 1. The topological polar surface area (TPSA) is 110 Å². The first kappa shape index (κ1) is 28.1. The van der Waals surface area contributed by atoms with Gasteiger partial charge >= 0.3 is 0 Å². The molecule has 1 amide bonds. The first-order valence-corrected chi connectivity index (χ1v) is 14.8. The molecule has 2 aromatic rings. The Kier molecular flexibility index (Phi) is 8.49. The number of amides is 1. The number of benzene rings is 2. The third-order valence-electron chi connectivity index (χ3n) is 5.84. The van der Waals surface area contributed by atoms with Crippen molar-refractivity contribution >= 4 is 37.4 Å². The fourth-order valence-electron chi connectivity index (χ4n) is 3.84. The Morgan fingerprint density at radius 1 is 1.17 bits per heavy atom. The summed E-state index contributed by atoms with van der Waals surface area (Å²) in [7, 11) is -5.93. The van der Waals surface area contributed by atoms with Gasteiger partial charge in [0.05, 0.1) is 12.0 Å². The minimum atomic E-state index is -4.04. The van der Waals surface area contributed by atoms with Crippen LogP contribution in [0.15, 0.2) is 58.8 Å². The summed E-state index contributed by atoms with van der Waals surface area (Å²) >= 11 is 6.17. The number of alkyl halides is 1. The molecule has 196 valence electrons. The molecular weight excluding hydrogens is 531 g/mol. The van der Waals surface area contributed by atoms with Gasteiger partial charge in [0.25, 0.3) is 5.91 Å². The van der Waals surface area contributed by atoms with E-state index in [0.717, 1.165) is 16.0 Å². The number of carbonyl (C=O) groups is 1. The fourth-order valence-corrected chi connectivity index (χ4v) is 6.16. The van der Waals surface area contributed by atoms with Gasteiger partial charge in [-0.05, 0) is 42.8 Å². The van der Waals surface area contributed by atoms with Crippen LogP contribution in [0, 0.1) is 0 Å². The van der Waals surface area contributed by atoms with E-state index in [1.165, 1.54) is 32.2 Å². The van der Waals surface area contributed by atoms with E-state index in [1.807, 2.05) is 0 Å². The van der Waals surface area contributed by atoms with Crippen LogP contribution in [0.5, 0.6) is 5.75 Å². The summed E-state index contributed by atoms with van der Waals surface area (Å²) in [6.45, 7) is 1.10. The van der Waals surface area contributed by atoms with Crippen LogP contribution in [0.3, 0.4) is 0 Å². The van der Waals surface area contributed by atoms with Crippen LogP contribution in [0.25, 0.3) is 11.1 Å². The van der Waals surface area contributed by atoms with Crippen molar-refractivity contribution in [1.82, 2.24) is 9.62 Å². The summed E-state index contributed by atoms with van der Waals surface area (Å²) in [5, 5.41) is 3.72. The largest absolute Gasteiger partial charge is 0.497 e. The van der Waals surface area contributed by atoms with Crippen LogP contribution in [0.1, 0.15) is 19.8 Å². The normalized spacial score (nSPS) is 17.6. The molecule has 1 heterocycles. The first-order chi connectivity index (χ1) is 16.7. The van der Waals surface area contributed by atoms with Crippen molar-refractivity contribution in [1.29, 1.82) is 0 Å². The van der Waals surface area contributed by atoms with E-state index in [1.54, 1.807) is 30.3 Å². The van der Waals surface area contributed by atoms with E-state index in [0.29, 0.717) is 21.9 Å². The van der Waals surface area contributed by atoms with E-state index < -0.39 is 37.5 Å². The van der Waals surface area contributed by atoms with Crippen molar-refractivity contribution in [3.05, 3.63) is 59.0 Å². The van der Waals surface area contributed by atoms with Crippen LogP contribution in [0.4, 0.5) is 4.39 Å². The Labute approximate surface area is 216 Å². The van der Waals surface area contributed by atoms with Crippen molar-refractivity contribution in [2.75, 3.05) is 26.5 Å². The molecule has 0 aliphatic carbocycles. The average molecular weight is 559 g/mol. The monoisotopic (exact) mass is 558 g/mol. The molecule has 1 N–H and O–H groups in total. The predicted octanol–water partition coefficient (Wildman–Crippen LogP) is 3.57. The third kappa shape index (κ3) is 6.64. The molecule has 1 fully saturated rings. The predicted molar refractivity (Wildman–Crippen MR) is 137 cm³/mol. The molecule has 0 saturated carbocycles. The number of piperidine rings is 1. The molecule has 8 nitrogen and oxygen atoms in total. The lowest BCUT2D eigenvalue weighted by molar-refractivity contribution is -0.135. The minimum absolute atomic E-state index is 0.00972. The quantitative estimate of drug-likeness (QED) is 0.530. The van der Waals surface area contributed by atoms with Gasteiger partial charge in [-0.3, -0.25) is 4.79 Å². The second-order valence-corrected chi connectivity index (χ2v) is 12.9. The number of ether oxygens (including phenoxy) is 1. The molecule has 1 saturated heterocycles. The molecule has 1 aliphatic heterocycles. The number of nitrogens with one attached hydrogen (secondary N) is 1. The highest BCUT2D eigenvalue weighted by molar-refractivity contribution is 7.93. The van der Waals surface area contributed by atoms with Crippen molar-refractivity contribution in [2.24, 2.45) is 0 Å². The molecule has 2 aromatic carbocycles. The molecule has 0 unspecified atom stereocenters. The van der Waals surface area contributed by atoms with Gasteiger partial charge in [0.1, 0.15) is 5.75 Å². The zero-order valence-corrected chi connectivity index (χ0v) is 22.5. The summed E-state index contributed by atoms with van der Waals surface area (Å²) < 4.78 is 71.4. The highest BCUT2D eigenvalue weighted by atomic mass is 35.5. The standard InChI is InChI=1S/C24H28ClFN2O6S2/c1-17(9-14-35(3,30)31)27-23(29)24(26)10-12-28(13-11-24)36(32,33)22-8-7-19(25)16-21(22)18-5-4-6-20(15-18)34-2/h4-9,14-17H,10-13H2,1-3H3,(H,27,29)/b14-9-/t17-/m0/s1. The fraction of sp³-hybridized carbons (Fsp3) is 0.375. The molecule has 0 spiro atoms. The summed E-state index contributed by atoms with van der Waals surface area (Å²) in [6, 6.07) is 10.6. The lowest BCUT2D eigenvalue weighted by Gasteiger charge is -2.35. The zero-order chi connectivity index (χ0) is 26.7. The van der Waals surface area contributed by atoms with E-state index in [4.69, 9.17) is 16.3 Å². The zero-order valence-electron chi connectivity index (χ0n) is 20.1. The number of hydrogen-bond acceptors (Lipinski definition) is 6. The highest BCUT2D eigenvalue weighted by Crippen LogP contribution is 2.36. The maximum Gasteiger partial charge on any atom is 0.258 e. The number of sulfone groups is 1. The SMILES string of the molecule is COc1cccc(-c2cc(Cl)ccc2S(=O)(=O)N2CCC(F)(C(=O)N[C@@H](C)/C=C\S(C)(=O)=O)CC2)c1. The highest BCUT2D eigenvalue weighted by Gasteiger charge is 2.44. The molecular formula is C24H28ClFN2O6S2. The average Bonchev–Trinajstić information content (AvgIpc) is 2.82. The second-order valence-electron chi connectivity index (χ2n) is 8.66. The van der Waals surface area contributed by atoms with Gasteiger partial charge in [-0.15, -0.1) is 0 Å². The molecule has 0 aromatic heterocycles. The molecule has 1 aliphatic rings. The number of rotatable bonds is 8. The summed E-state index contributed by atoms with van der Waals surface area (Å²) in [5.74, 6) is -0.364. The van der Waals surface area contributed by atoms with Gasteiger partial charge in [-0.25, -0.2) is 21.2 Å². The number of sulfonamides is 1. The van der Waals surface area contributed by atoms with Crippen LogP contribution >= 0.6 is 11.6 Å². The molecule has 0 bridgehead atoms. The maximum absolute atomic E-state index is 15.4. The lowest BCUT2D eigenvalue weighted by Crippen LogP contribution is -2.53. The summed E-state index contributed by atoms with van der Waals surface area (Å²) in [5.41, 5.74) is -1.32. The Hall–Kier alpha value is -2.47. The molecule has 0 radical (unpaired) electrons. The second kappa shape index (κ2) is 10.9. The van der Waals surface area contributed by atoms with Gasteiger partial charge in [0.15, 0.2) is 15.5 Å². The molecule has 1 atom stereocenters. The smallest absolute Gasteiger partial charge is 0.258 e. The third-order valence-corrected chi connectivity index (χ3v) is 8.68. The Morgan fingerprint density at radius 3 is 2.44 bits per heavy atom. The molecule has 3 rings (SSSR count). The van der Waals surface area contributed by atoms with E-state index in [9.17, 15) is 21.6 Å². The van der Waals surface area contributed by atoms with Crippen LogP contribution < -0.4 is 10.1 Å². The first-order valence-electron chi connectivity index (χ1n) is 11.1. The van der Waals surface area contributed by atoms with Crippen molar-refractivity contribution in [3.63, 3.8) is 0 Å². The summed E-state index contributed by atoms with van der Waals surface area (Å²) in [4.78, 5) is 12.6. The van der Waals surface area contributed by atoms with E-state index in [2.05, 4.69) is 5.32 Å². The van der Waals surface area contributed by atoms with Crippen molar-refractivity contribution < 1.29 is 30.8 Å². The van der Waals surface area contributed by atoms with Crippen molar-refractivity contribution in [3.8, 4) is 16.9 Å². The van der Waals surface area contributed by atoms with Gasteiger partial charge in [0.2, 0.25) is 10.0 Å². The van der Waals surface area contributed by atoms with Crippen LogP contribution in [-0.4, -0.2) is 65.2 Å². The van der Waals surface area contributed by atoms with Gasteiger partial charge in [0, 0.05) is 54.2 Å². The Bertz CT molecular complexity index is 1370. The minimum Gasteiger partial charge on any atom is -0.497 e. The number of carbonyl (C=O) groups excluding carboxylic acids is 1. The van der Waals surface area contributed by atoms with E-state index in [-0.39, 0.29) is 30.8 Å². The van der Waals surface area contributed by atoms with Gasteiger partial charge in [-0.2, -0.15) is 4.31 Å². The van der Waals surface area contributed by atoms with E-state index >= 15 is 4.39 Å². The number of nitrogens with zero attached hydrogens (tertiary/aromatic N) is 1. The maximum atomic E-state index is 15.4. The number of halogens is 2. The Morgan fingerprint density at radius 2 is 1.83 bits per heavy atom. The molecule has 12 heteroatoms. The van der Waals surface area contributed by atoms with Crippen LogP contribution in [-0.2, 0) is 24.7 Å². The number of hydrogen-bond donors (Lipinski definition) is 1. The molecule has 36 heavy (non-hydrogen) atoms. The summed E-state index contributed by atoms with van der Waals surface area (Å²) in [6.07, 6.45) is 1.56. The van der Waals surface area contributed by atoms with Crippen molar-refractivity contribution in [2.45, 2.75) is 36.4 Å². The van der Waals surface area contributed by atoms with Crippen LogP contribution in [0.2, 0.25) is 5.02 Å². The lowest BCUT2D eigenvalue weighted by atomic mass is 9.93. The van der Waals surface area contributed by atoms with Gasteiger partial charge < -0.3 is 10.1 Å². The Balaban J connectivity index is 1.80. The van der Waals surface area contributed by atoms with Gasteiger partial charge in [-0.1, -0.05) is 29.8 Å².